The van der Waals surface area contributed by atoms with E-state index in [2.05, 4.69) is 11.9 Å². The summed E-state index contributed by atoms with van der Waals surface area (Å²) in [6, 6.07) is 7.81. The molecular weight excluding hydrogens is 426 g/mol. The number of carbonyl (C=O) groups is 4. The van der Waals surface area contributed by atoms with Gasteiger partial charge in [0.05, 0.1) is 18.8 Å². The number of rotatable bonds is 12. The van der Waals surface area contributed by atoms with Gasteiger partial charge in [-0.2, -0.15) is 0 Å². The summed E-state index contributed by atoms with van der Waals surface area (Å²) in [5, 5.41) is 2.55. The van der Waals surface area contributed by atoms with Crippen molar-refractivity contribution in [3.63, 3.8) is 0 Å². The maximum absolute atomic E-state index is 12.9. The Kier molecular flexibility index (Phi) is 11.3. The van der Waals surface area contributed by atoms with E-state index in [9.17, 15) is 19.2 Å². The monoisotopic (exact) mass is 461 g/mol. The smallest absolute Gasteiger partial charge is 0.329 e. The highest BCUT2D eigenvalue weighted by atomic mass is 16.6. The van der Waals surface area contributed by atoms with Crippen LogP contribution < -0.4 is 5.32 Å². The topological polar surface area (TPSA) is 108 Å². The quantitative estimate of drug-likeness (QED) is 0.289. The molecule has 0 aliphatic heterocycles. The number of nitrogens with one attached hydrogen (secondary N) is 1. The molecule has 0 saturated carbocycles. The van der Waals surface area contributed by atoms with E-state index in [1.807, 2.05) is 18.2 Å². The Labute approximate surface area is 195 Å². The van der Waals surface area contributed by atoms with E-state index < -0.39 is 47.8 Å². The Morgan fingerprint density at radius 1 is 1.00 bits per heavy atom. The van der Waals surface area contributed by atoms with E-state index in [4.69, 9.17) is 14.2 Å². The molecule has 0 fully saturated rings. The van der Waals surface area contributed by atoms with E-state index in [1.165, 1.54) is 6.08 Å². The minimum absolute atomic E-state index is 0.0370. The molecule has 33 heavy (non-hydrogen) atoms. The summed E-state index contributed by atoms with van der Waals surface area (Å²) in [6.45, 7) is 12.2. The fraction of sp³-hybridized carbons (Fsp3) is 0.520. The van der Waals surface area contributed by atoms with Crippen LogP contribution in [0, 0.1) is 11.8 Å². The maximum atomic E-state index is 12.9. The zero-order chi connectivity index (χ0) is 25.0. The molecule has 0 heterocycles. The first-order chi connectivity index (χ1) is 15.4. The molecule has 0 spiro atoms. The van der Waals surface area contributed by atoms with Crippen molar-refractivity contribution in [1.29, 1.82) is 0 Å². The van der Waals surface area contributed by atoms with Crippen LogP contribution in [-0.2, 0) is 40.0 Å². The van der Waals surface area contributed by atoms with Gasteiger partial charge in [-0.05, 0) is 32.3 Å². The second-order valence-corrected chi connectivity index (χ2v) is 8.97. The Hall–Kier alpha value is -3.16. The number of benzene rings is 1. The van der Waals surface area contributed by atoms with Gasteiger partial charge in [0.15, 0.2) is 0 Å². The van der Waals surface area contributed by atoms with Gasteiger partial charge in [0, 0.05) is 0 Å². The zero-order valence-electron chi connectivity index (χ0n) is 20.1. The lowest BCUT2D eigenvalue weighted by molar-refractivity contribution is -0.158. The van der Waals surface area contributed by atoms with Gasteiger partial charge in [-0.25, -0.2) is 4.79 Å². The summed E-state index contributed by atoms with van der Waals surface area (Å²) in [7, 11) is 0. The summed E-state index contributed by atoms with van der Waals surface area (Å²) in [6.07, 6.45) is 0.809. The van der Waals surface area contributed by atoms with Crippen LogP contribution >= 0.6 is 0 Å². The number of hydrogen-bond donors (Lipinski definition) is 1. The van der Waals surface area contributed by atoms with Gasteiger partial charge in [0.25, 0.3) is 0 Å². The summed E-state index contributed by atoms with van der Waals surface area (Å²) in [5.41, 5.74) is 0.104. The van der Waals surface area contributed by atoms with Crippen molar-refractivity contribution < 1.29 is 33.4 Å². The van der Waals surface area contributed by atoms with Crippen LogP contribution in [0.2, 0.25) is 0 Å². The molecule has 1 rings (SSSR count). The third-order valence-electron chi connectivity index (χ3n) is 4.51. The van der Waals surface area contributed by atoms with Gasteiger partial charge in [-0.3, -0.25) is 14.4 Å². The highest BCUT2D eigenvalue weighted by Gasteiger charge is 2.32. The highest BCUT2D eigenvalue weighted by Crippen LogP contribution is 2.19. The molecule has 1 amide bonds. The van der Waals surface area contributed by atoms with Crippen LogP contribution in [0.3, 0.4) is 0 Å². The van der Waals surface area contributed by atoms with Crippen molar-refractivity contribution in [3.8, 4) is 0 Å². The van der Waals surface area contributed by atoms with Crippen LogP contribution in [0.1, 0.15) is 53.0 Å². The SMILES string of the molecule is C=CCOC(=O)C(CC(=O)OCc1ccccc1)NC(=O)C(CC(=O)OC(C)(C)C)C(C)C. The summed E-state index contributed by atoms with van der Waals surface area (Å²) in [4.78, 5) is 50.0. The first kappa shape index (κ1) is 27.9. The lowest BCUT2D eigenvalue weighted by atomic mass is 9.91. The van der Waals surface area contributed by atoms with Crippen LogP contribution in [-0.4, -0.2) is 42.1 Å². The molecule has 0 radical (unpaired) electrons. The van der Waals surface area contributed by atoms with E-state index in [1.54, 1.807) is 46.8 Å². The van der Waals surface area contributed by atoms with Gasteiger partial charge in [-0.1, -0.05) is 56.8 Å². The fourth-order valence-corrected chi connectivity index (χ4v) is 2.87. The van der Waals surface area contributed by atoms with E-state index in [0.717, 1.165) is 5.56 Å². The number of esters is 3. The fourth-order valence-electron chi connectivity index (χ4n) is 2.87. The molecule has 0 aliphatic rings. The van der Waals surface area contributed by atoms with Crippen LogP contribution in [0.5, 0.6) is 0 Å². The summed E-state index contributed by atoms with van der Waals surface area (Å²) >= 11 is 0. The molecule has 2 unspecified atom stereocenters. The predicted molar refractivity (Wildman–Crippen MR) is 123 cm³/mol. The van der Waals surface area contributed by atoms with Gasteiger partial charge >= 0.3 is 17.9 Å². The molecule has 0 aliphatic carbocycles. The predicted octanol–water partition coefficient (Wildman–Crippen LogP) is 3.34. The molecule has 1 aromatic rings. The molecule has 182 valence electrons. The molecule has 0 saturated heterocycles. The third kappa shape index (κ3) is 11.3. The Bertz CT molecular complexity index is 812. The van der Waals surface area contributed by atoms with Crippen LogP contribution in [0.25, 0.3) is 0 Å². The Balaban J connectivity index is 2.85. The minimum Gasteiger partial charge on any atom is -0.461 e. The van der Waals surface area contributed by atoms with E-state index in [-0.39, 0.29) is 25.6 Å². The van der Waals surface area contributed by atoms with Crippen LogP contribution in [0.15, 0.2) is 43.0 Å². The van der Waals surface area contributed by atoms with Gasteiger partial charge in [0.1, 0.15) is 24.9 Å². The van der Waals surface area contributed by atoms with Crippen molar-refractivity contribution >= 4 is 23.8 Å². The van der Waals surface area contributed by atoms with Crippen molar-refractivity contribution in [2.45, 2.75) is 65.7 Å². The van der Waals surface area contributed by atoms with Crippen molar-refractivity contribution in [3.05, 3.63) is 48.6 Å². The molecule has 2 atom stereocenters. The average molecular weight is 462 g/mol. The highest BCUT2D eigenvalue weighted by molar-refractivity contribution is 5.90. The lowest BCUT2D eigenvalue weighted by Crippen LogP contribution is -2.47. The largest absolute Gasteiger partial charge is 0.461 e. The van der Waals surface area contributed by atoms with Crippen molar-refractivity contribution in [1.82, 2.24) is 5.32 Å². The molecule has 8 nitrogen and oxygen atoms in total. The lowest BCUT2D eigenvalue weighted by Gasteiger charge is -2.25. The molecule has 1 N–H and O–H groups in total. The summed E-state index contributed by atoms with van der Waals surface area (Å²) in [5.74, 6) is -3.51. The first-order valence-electron chi connectivity index (χ1n) is 10.9. The standard InChI is InChI=1S/C25H35NO7/c1-7-13-31-24(30)20(15-21(27)32-16-18-11-9-8-10-12-18)26-23(29)19(17(2)3)14-22(28)33-25(4,5)6/h7-12,17,19-20H,1,13-16H2,2-6H3,(H,26,29). The van der Waals surface area contributed by atoms with E-state index >= 15 is 0 Å². The van der Waals surface area contributed by atoms with Gasteiger partial charge < -0.3 is 19.5 Å². The molecular formula is C25H35NO7. The second-order valence-electron chi connectivity index (χ2n) is 8.97. The molecule has 8 heteroatoms. The first-order valence-corrected chi connectivity index (χ1v) is 10.9. The molecule has 0 aromatic heterocycles. The second kappa shape index (κ2) is 13.4. The van der Waals surface area contributed by atoms with Crippen LogP contribution in [0.4, 0.5) is 0 Å². The maximum Gasteiger partial charge on any atom is 0.329 e. The number of hydrogen-bond acceptors (Lipinski definition) is 7. The number of carbonyl (C=O) groups excluding carboxylic acids is 4. The van der Waals surface area contributed by atoms with Gasteiger partial charge in [0.2, 0.25) is 5.91 Å². The molecule has 1 aromatic carbocycles. The average Bonchev–Trinajstić information content (AvgIpc) is 2.73. The van der Waals surface area contributed by atoms with Crippen molar-refractivity contribution in [2.75, 3.05) is 6.61 Å². The number of ether oxygens (including phenoxy) is 3. The third-order valence-corrected chi connectivity index (χ3v) is 4.51. The van der Waals surface area contributed by atoms with E-state index in [0.29, 0.717) is 0 Å². The summed E-state index contributed by atoms with van der Waals surface area (Å²) < 4.78 is 15.6. The van der Waals surface area contributed by atoms with Gasteiger partial charge in [-0.15, -0.1) is 0 Å². The normalized spacial score (nSPS) is 12.9. The zero-order valence-corrected chi connectivity index (χ0v) is 20.1. The minimum atomic E-state index is -1.26. The Morgan fingerprint density at radius 2 is 1.64 bits per heavy atom. The van der Waals surface area contributed by atoms with Crippen molar-refractivity contribution in [2.24, 2.45) is 11.8 Å². The molecule has 0 bridgehead atoms. The Morgan fingerprint density at radius 3 is 2.18 bits per heavy atom. The number of amides is 1.